The summed E-state index contributed by atoms with van der Waals surface area (Å²) in [5, 5.41) is 6.56. The Hall–Kier alpha value is -1.55. The minimum atomic E-state index is -0.281. The molecule has 2 N–H and O–H groups in total. The van der Waals surface area contributed by atoms with Crippen LogP contribution in [0.4, 0.5) is 0 Å². The number of carbonyl (C=O) groups is 1. The molecule has 4 heteroatoms. The molecule has 0 aromatic heterocycles. The van der Waals surface area contributed by atoms with Gasteiger partial charge in [0, 0.05) is 6.04 Å². The summed E-state index contributed by atoms with van der Waals surface area (Å²) in [6, 6.07) is 8.25. The quantitative estimate of drug-likeness (QED) is 0.877. The third-order valence-corrected chi connectivity index (χ3v) is 4.50. The number of methoxy groups -OCH3 is 1. The van der Waals surface area contributed by atoms with Gasteiger partial charge in [-0.15, -0.1) is 0 Å². The zero-order valence-electron chi connectivity index (χ0n) is 11.9. The molecule has 1 aromatic rings. The van der Waals surface area contributed by atoms with Crippen LogP contribution in [0, 0.1) is 0 Å². The molecule has 3 rings (SSSR count). The molecular formula is C16H22N2O2. The maximum absolute atomic E-state index is 12.6. The van der Waals surface area contributed by atoms with Crippen molar-refractivity contribution in [2.75, 3.05) is 20.2 Å². The van der Waals surface area contributed by atoms with Crippen LogP contribution in [0.1, 0.15) is 31.2 Å². The molecule has 0 spiro atoms. The van der Waals surface area contributed by atoms with Crippen molar-refractivity contribution in [1.82, 2.24) is 10.6 Å². The number of ether oxygens (including phenoxy) is 1. The van der Waals surface area contributed by atoms with E-state index in [9.17, 15) is 4.79 Å². The van der Waals surface area contributed by atoms with E-state index in [1.807, 2.05) is 24.3 Å². The number of piperidine rings is 1. The van der Waals surface area contributed by atoms with Gasteiger partial charge >= 0.3 is 0 Å². The molecular weight excluding hydrogens is 252 g/mol. The Morgan fingerprint density at radius 2 is 1.90 bits per heavy atom. The van der Waals surface area contributed by atoms with Crippen LogP contribution >= 0.6 is 0 Å². The lowest BCUT2D eigenvalue weighted by atomic mass is 9.94. The van der Waals surface area contributed by atoms with Crippen molar-refractivity contribution in [2.45, 2.75) is 37.1 Å². The zero-order valence-corrected chi connectivity index (χ0v) is 11.9. The number of rotatable bonds is 4. The Bertz CT molecular complexity index is 474. The third kappa shape index (κ3) is 2.52. The first kappa shape index (κ1) is 13.4. The van der Waals surface area contributed by atoms with Gasteiger partial charge in [-0.3, -0.25) is 4.79 Å². The highest BCUT2D eigenvalue weighted by Crippen LogP contribution is 2.48. The van der Waals surface area contributed by atoms with Crippen molar-refractivity contribution in [3.8, 4) is 5.75 Å². The van der Waals surface area contributed by atoms with Crippen LogP contribution in [0.2, 0.25) is 0 Å². The Labute approximate surface area is 119 Å². The van der Waals surface area contributed by atoms with Gasteiger partial charge in [-0.2, -0.15) is 0 Å². The van der Waals surface area contributed by atoms with Gasteiger partial charge in [0.25, 0.3) is 0 Å². The highest BCUT2D eigenvalue weighted by atomic mass is 16.5. The molecule has 2 aliphatic rings. The number of benzene rings is 1. The monoisotopic (exact) mass is 274 g/mol. The second-order valence-corrected chi connectivity index (χ2v) is 5.81. The number of nitrogens with one attached hydrogen (secondary N) is 2. The van der Waals surface area contributed by atoms with Gasteiger partial charge in [0.15, 0.2) is 0 Å². The lowest BCUT2D eigenvalue weighted by molar-refractivity contribution is -0.124. The van der Waals surface area contributed by atoms with E-state index in [4.69, 9.17) is 4.74 Å². The Kier molecular flexibility index (Phi) is 3.66. The molecule has 1 aliphatic heterocycles. The van der Waals surface area contributed by atoms with E-state index in [1.165, 1.54) is 0 Å². The van der Waals surface area contributed by atoms with Gasteiger partial charge in [-0.25, -0.2) is 0 Å². The highest BCUT2D eigenvalue weighted by molar-refractivity contribution is 5.91. The second kappa shape index (κ2) is 5.44. The van der Waals surface area contributed by atoms with Gasteiger partial charge in [-0.05, 0) is 56.5 Å². The van der Waals surface area contributed by atoms with E-state index in [2.05, 4.69) is 10.6 Å². The molecule has 1 saturated heterocycles. The normalized spacial score (nSPS) is 21.2. The maximum atomic E-state index is 12.6. The minimum absolute atomic E-state index is 0.203. The largest absolute Gasteiger partial charge is 0.497 e. The van der Waals surface area contributed by atoms with Crippen LogP contribution in [-0.4, -0.2) is 32.1 Å². The molecule has 2 fully saturated rings. The fourth-order valence-electron chi connectivity index (χ4n) is 2.97. The standard InChI is InChI=1S/C16H22N2O2/c1-20-14-4-2-12(3-5-14)16(8-9-16)15(19)18-13-6-10-17-11-7-13/h2-5,13,17H,6-11H2,1H3,(H,18,19). The first-order chi connectivity index (χ1) is 9.74. The predicted molar refractivity (Wildman–Crippen MR) is 77.9 cm³/mol. The molecule has 1 amide bonds. The summed E-state index contributed by atoms with van der Waals surface area (Å²) in [4.78, 5) is 12.6. The zero-order chi connectivity index (χ0) is 14.0. The van der Waals surface area contributed by atoms with Gasteiger partial charge in [0.1, 0.15) is 5.75 Å². The second-order valence-electron chi connectivity index (χ2n) is 5.81. The van der Waals surface area contributed by atoms with Crippen molar-refractivity contribution >= 4 is 5.91 Å². The Balaban J connectivity index is 1.69. The SMILES string of the molecule is COc1ccc(C2(C(=O)NC3CCNCC3)CC2)cc1. The van der Waals surface area contributed by atoms with Crippen molar-refractivity contribution in [3.05, 3.63) is 29.8 Å². The van der Waals surface area contributed by atoms with Gasteiger partial charge in [-0.1, -0.05) is 12.1 Å². The topological polar surface area (TPSA) is 50.4 Å². The van der Waals surface area contributed by atoms with Gasteiger partial charge in [0.2, 0.25) is 5.91 Å². The first-order valence-electron chi connectivity index (χ1n) is 7.41. The Morgan fingerprint density at radius 1 is 1.25 bits per heavy atom. The summed E-state index contributed by atoms with van der Waals surface area (Å²) in [5.74, 6) is 1.04. The smallest absolute Gasteiger partial charge is 0.230 e. The van der Waals surface area contributed by atoms with E-state index in [0.717, 1.165) is 50.1 Å². The highest BCUT2D eigenvalue weighted by Gasteiger charge is 2.51. The molecule has 1 heterocycles. The summed E-state index contributed by atoms with van der Waals surface area (Å²) in [6.45, 7) is 2.00. The average molecular weight is 274 g/mol. The molecule has 0 bridgehead atoms. The number of hydrogen-bond acceptors (Lipinski definition) is 3. The van der Waals surface area contributed by atoms with Gasteiger partial charge < -0.3 is 15.4 Å². The summed E-state index contributed by atoms with van der Waals surface area (Å²) in [6.07, 6.45) is 3.97. The average Bonchev–Trinajstić information content (AvgIpc) is 3.30. The summed E-state index contributed by atoms with van der Waals surface area (Å²) < 4.78 is 5.18. The van der Waals surface area contributed by atoms with E-state index in [1.54, 1.807) is 7.11 Å². The van der Waals surface area contributed by atoms with Crippen molar-refractivity contribution in [3.63, 3.8) is 0 Å². The molecule has 0 atom stereocenters. The van der Waals surface area contributed by atoms with E-state index in [0.29, 0.717) is 6.04 Å². The van der Waals surface area contributed by atoms with E-state index >= 15 is 0 Å². The number of amides is 1. The van der Waals surface area contributed by atoms with Crippen LogP contribution in [0.25, 0.3) is 0 Å². The van der Waals surface area contributed by atoms with Crippen LogP contribution in [0.5, 0.6) is 5.75 Å². The fraction of sp³-hybridized carbons (Fsp3) is 0.562. The van der Waals surface area contributed by atoms with Crippen molar-refractivity contribution in [2.24, 2.45) is 0 Å². The van der Waals surface area contributed by atoms with Crippen LogP contribution in [0.15, 0.2) is 24.3 Å². The molecule has 20 heavy (non-hydrogen) atoms. The van der Waals surface area contributed by atoms with Gasteiger partial charge in [0.05, 0.1) is 12.5 Å². The van der Waals surface area contributed by atoms with Crippen molar-refractivity contribution in [1.29, 1.82) is 0 Å². The molecule has 108 valence electrons. The lowest BCUT2D eigenvalue weighted by Gasteiger charge is -2.26. The fourth-order valence-corrected chi connectivity index (χ4v) is 2.97. The summed E-state index contributed by atoms with van der Waals surface area (Å²) in [7, 11) is 1.66. The van der Waals surface area contributed by atoms with Crippen LogP contribution in [-0.2, 0) is 10.2 Å². The molecule has 0 unspecified atom stereocenters. The molecule has 1 aliphatic carbocycles. The summed E-state index contributed by atoms with van der Waals surface area (Å²) in [5.41, 5.74) is 0.835. The van der Waals surface area contributed by atoms with E-state index in [-0.39, 0.29) is 11.3 Å². The number of hydrogen-bond donors (Lipinski definition) is 2. The Morgan fingerprint density at radius 3 is 2.45 bits per heavy atom. The van der Waals surface area contributed by atoms with Crippen molar-refractivity contribution < 1.29 is 9.53 Å². The molecule has 1 saturated carbocycles. The van der Waals surface area contributed by atoms with Crippen LogP contribution < -0.4 is 15.4 Å². The third-order valence-electron chi connectivity index (χ3n) is 4.50. The minimum Gasteiger partial charge on any atom is -0.497 e. The molecule has 1 aromatic carbocycles. The predicted octanol–water partition coefficient (Wildman–Crippen LogP) is 1.59. The maximum Gasteiger partial charge on any atom is 0.230 e. The van der Waals surface area contributed by atoms with E-state index < -0.39 is 0 Å². The first-order valence-corrected chi connectivity index (χ1v) is 7.41. The van der Waals surface area contributed by atoms with Crippen LogP contribution in [0.3, 0.4) is 0 Å². The lowest BCUT2D eigenvalue weighted by Crippen LogP contribution is -2.46. The number of carbonyl (C=O) groups excluding carboxylic acids is 1. The summed E-state index contributed by atoms with van der Waals surface area (Å²) >= 11 is 0. The molecule has 0 radical (unpaired) electrons. The molecule has 4 nitrogen and oxygen atoms in total.